The van der Waals surface area contributed by atoms with E-state index in [1.807, 2.05) is 6.07 Å². The van der Waals surface area contributed by atoms with Crippen molar-refractivity contribution >= 4 is 17.4 Å². The minimum absolute atomic E-state index is 0.0873. The van der Waals surface area contributed by atoms with Crippen LogP contribution < -0.4 is 20.1 Å². The predicted octanol–water partition coefficient (Wildman–Crippen LogP) is 3.58. The summed E-state index contributed by atoms with van der Waals surface area (Å²) in [5.74, 6) is 1.32. The Morgan fingerprint density at radius 3 is 2.76 bits per heavy atom. The zero-order chi connectivity index (χ0) is 22.8. The molecule has 3 heterocycles. The van der Waals surface area contributed by atoms with Crippen LogP contribution in [0.15, 0.2) is 48.7 Å². The highest BCUT2D eigenvalue weighted by Crippen LogP contribution is 2.35. The number of nitrogens with zero attached hydrogens (tertiary/aromatic N) is 3. The van der Waals surface area contributed by atoms with E-state index in [0.29, 0.717) is 40.0 Å². The van der Waals surface area contributed by atoms with Crippen molar-refractivity contribution in [3.63, 3.8) is 0 Å². The molecule has 0 unspecified atom stereocenters. The SMILES string of the molecule is CN1CCC(NC(=O)c2cnc(-c3ccc4c(c3)OCO4)nc2Nc2cccc(F)c2)CC1. The Morgan fingerprint density at radius 2 is 1.94 bits per heavy atom. The summed E-state index contributed by atoms with van der Waals surface area (Å²) >= 11 is 0. The van der Waals surface area contributed by atoms with Gasteiger partial charge in [0, 0.05) is 23.5 Å². The fourth-order valence-electron chi connectivity index (χ4n) is 3.94. The van der Waals surface area contributed by atoms with Gasteiger partial charge in [0.05, 0.1) is 0 Å². The second-order valence-corrected chi connectivity index (χ2v) is 8.21. The number of halogens is 1. The van der Waals surface area contributed by atoms with Crippen molar-refractivity contribution in [1.82, 2.24) is 20.2 Å². The lowest BCUT2D eigenvalue weighted by atomic mass is 10.1. The molecule has 3 aromatic rings. The van der Waals surface area contributed by atoms with E-state index in [0.717, 1.165) is 25.9 Å². The third-order valence-corrected chi connectivity index (χ3v) is 5.81. The molecule has 9 heteroatoms. The number of hydrogen-bond donors (Lipinski definition) is 2. The number of nitrogens with one attached hydrogen (secondary N) is 2. The average molecular weight is 449 g/mol. The number of fused-ring (bicyclic) bond motifs is 1. The highest BCUT2D eigenvalue weighted by Gasteiger charge is 2.23. The van der Waals surface area contributed by atoms with Crippen molar-refractivity contribution in [2.75, 3.05) is 32.2 Å². The van der Waals surface area contributed by atoms with Crippen LogP contribution in [0.2, 0.25) is 0 Å². The highest BCUT2D eigenvalue weighted by molar-refractivity contribution is 5.99. The highest BCUT2D eigenvalue weighted by atomic mass is 19.1. The van der Waals surface area contributed by atoms with Gasteiger partial charge in [0.15, 0.2) is 17.3 Å². The summed E-state index contributed by atoms with van der Waals surface area (Å²) in [5.41, 5.74) is 1.49. The van der Waals surface area contributed by atoms with Crippen molar-refractivity contribution in [1.29, 1.82) is 0 Å². The van der Waals surface area contributed by atoms with E-state index in [1.165, 1.54) is 18.3 Å². The molecule has 33 heavy (non-hydrogen) atoms. The van der Waals surface area contributed by atoms with Gasteiger partial charge >= 0.3 is 0 Å². The summed E-state index contributed by atoms with van der Waals surface area (Å²) in [5, 5.41) is 6.18. The molecule has 5 rings (SSSR count). The van der Waals surface area contributed by atoms with Crippen LogP contribution in [-0.4, -0.2) is 53.7 Å². The first-order chi connectivity index (χ1) is 16.0. The molecule has 170 valence electrons. The Labute approximate surface area is 190 Å². The maximum atomic E-state index is 13.8. The molecule has 0 atom stereocenters. The molecule has 0 saturated carbocycles. The van der Waals surface area contributed by atoms with E-state index in [4.69, 9.17) is 9.47 Å². The maximum absolute atomic E-state index is 13.8. The van der Waals surface area contributed by atoms with Gasteiger partial charge < -0.3 is 25.0 Å². The van der Waals surface area contributed by atoms with Crippen LogP contribution in [0.25, 0.3) is 11.4 Å². The molecule has 0 aliphatic carbocycles. The fraction of sp³-hybridized carbons (Fsp3) is 0.292. The molecule has 0 spiro atoms. The van der Waals surface area contributed by atoms with E-state index in [2.05, 4.69) is 32.5 Å². The molecule has 1 aromatic heterocycles. The first-order valence-corrected chi connectivity index (χ1v) is 10.8. The van der Waals surface area contributed by atoms with Crippen LogP contribution >= 0.6 is 0 Å². The standard InChI is InChI=1S/C24H24FN5O3/c1-30-9-7-17(8-10-30)28-24(31)19-13-26-22(15-5-6-20-21(11-15)33-14-32-20)29-23(19)27-18-4-2-3-16(25)12-18/h2-6,11-13,17H,7-10,14H2,1H3,(H,28,31)(H,26,27,29). The molecule has 2 N–H and O–H groups in total. The van der Waals surface area contributed by atoms with Crippen molar-refractivity contribution < 1.29 is 18.7 Å². The Kier molecular flexibility index (Phi) is 5.78. The molecule has 1 fully saturated rings. The number of carbonyl (C=O) groups is 1. The first kappa shape index (κ1) is 21.1. The van der Waals surface area contributed by atoms with Gasteiger partial charge in [0.25, 0.3) is 5.91 Å². The van der Waals surface area contributed by atoms with Crippen molar-refractivity contribution in [3.8, 4) is 22.9 Å². The van der Waals surface area contributed by atoms with Gasteiger partial charge in [-0.2, -0.15) is 0 Å². The normalized spacial score (nSPS) is 15.9. The Morgan fingerprint density at radius 1 is 1.12 bits per heavy atom. The lowest BCUT2D eigenvalue weighted by Gasteiger charge is -2.29. The molecular formula is C24H24FN5O3. The van der Waals surface area contributed by atoms with Crippen LogP contribution in [0.4, 0.5) is 15.9 Å². The lowest BCUT2D eigenvalue weighted by Crippen LogP contribution is -2.43. The minimum atomic E-state index is -0.387. The van der Waals surface area contributed by atoms with E-state index < -0.39 is 0 Å². The minimum Gasteiger partial charge on any atom is -0.454 e. The smallest absolute Gasteiger partial charge is 0.256 e. The summed E-state index contributed by atoms with van der Waals surface area (Å²) < 4.78 is 24.6. The van der Waals surface area contributed by atoms with Crippen molar-refractivity contribution in [2.24, 2.45) is 0 Å². The van der Waals surface area contributed by atoms with Crippen LogP contribution in [0.1, 0.15) is 23.2 Å². The zero-order valence-corrected chi connectivity index (χ0v) is 18.2. The Hall–Kier alpha value is -3.72. The van der Waals surface area contributed by atoms with Gasteiger partial charge in [0.2, 0.25) is 6.79 Å². The van der Waals surface area contributed by atoms with Gasteiger partial charge in [-0.25, -0.2) is 14.4 Å². The largest absolute Gasteiger partial charge is 0.454 e. The summed E-state index contributed by atoms with van der Waals surface area (Å²) in [7, 11) is 2.07. The Balaban J connectivity index is 1.46. The number of ether oxygens (including phenoxy) is 2. The second kappa shape index (κ2) is 9.03. The predicted molar refractivity (Wildman–Crippen MR) is 121 cm³/mol. The van der Waals surface area contributed by atoms with Gasteiger partial charge in [-0.15, -0.1) is 0 Å². The van der Waals surface area contributed by atoms with E-state index >= 15 is 0 Å². The van der Waals surface area contributed by atoms with Gasteiger partial charge in [-0.3, -0.25) is 4.79 Å². The fourth-order valence-corrected chi connectivity index (χ4v) is 3.94. The number of anilines is 2. The van der Waals surface area contributed by atoms with Crippen molar-refractivity contribution in [2.45, 2.75) is 18.9 Å². The molecule has 1 amide bonds. The van der Waals surface area contributed by atoms with E-state index in [1.54, 1.807) is 24.3 Å². The summed E-state index contributed by atoms with van der Waals surface area (Å²) in [6, 6.07) is 11.5. The van der Waals surface area contributed by atoms with Crippen LogP contribution in [0.5, 0.6) is 11.5 Å². The molecule has 2 aromatic carbocycles. The molecule has 2 aliphatic rings. The summed E-state index contributed by atoms with van der Waals surface area (Å²) in [6.07, 6.45) is 3.26. The van der Waals surface area contributed by atoms with Gasteiger partial charge in [0.1, 0.15) is 17.2 Å². The second-order valence-electron chi connectivity index (χ2n) is 8.21. The third kappa shape index (κ3) is 4.73. The van der Waals surface area contributed by atoms with Crippen LogP contribution in [-0.2, 0) is 0 Å². The number of benzene rings is 2. The molecule has 2 aliphatic heterocycles. The monoisotopic (exact) mass is 449 g/mol. The molecule has 8 nitrogen and oxygen atoms in total. The molecule has 0 radical (unpaired) electrons. The number of aromatic nitrogens is 2. The number of carbonyl (C=O) groups excluding carboxylic acids is 1. The molecule has 0 bridgehead atoms. The van der Waals surface area contributed by atoms with Gasteiger partial charge in [-0.05, 0) is 69.4 Å². The summed E-state index contributed by atoms with van der Waals surface area (Å²) in [6.45, 7) is 2.03. The Bertz CT molecular complexity index is 1180. The average Bonchev–Trinajstić information content (AvgIpc) is 3.28. The molecule has 1 saturated heterocycles. The number of rotatable bonds is 5. The summed E-state index contributed by atoms with van der Waals surface area (Å²) in [4.78, 5) is 24.4. The van der Waals surface area contributed by atoms with Crippen molar-refractivity contribution in [3.05, 3.63) is 60.0 Å². The van der Waals surface area contributed by atoms with Crippen LogP contribution in [0.3, 0.4) is 0 Å². The van der Waals surface area contributed by atoms with Crippen LogP contribution in [0, 0.1) is 5.82 Å². The first-order valence-electron chi connectivity index (χ1n) is 10.8. The number of hydrogen-bond acceptors (Lipinski definition) is 7. The molecular weight excluding hydrogens is 425 g/mol. The van der Waals surface area contributed by atoms with E-state index in [9.17, 15) is 9.18 Å². The van der Waals surface area contributed by atoms with Gasteiger partial charge in [-0.1, -0.05) is 6.07 Å². The topological polar surface area (TPSA) is 88.6 Å². The van der Waals surface area contributed by atoms with E-state index in [-0.39, 0.29) is 24.6 Å². The third-order valence-electron chi connectivity index (χ3n) is 5.81. The number of amides is 1. The maximum Gasteiger partial charge on any atom is 0.256 e. The number of piperidine rings is 1. The lowest BCUT2D eigenvalue weighted by molar-refractivity contribution is 0.0917. The zero-order valence-electron chi connectivity index (χ0n) is 18.2. The quantitative estimate of drug-likeness (QED) is 0.616. The number of likely N-dealkylation sites (tertiary alicyclic amines) is 1.